The number of hydrogen-bond acceptors (Lipinski definition) is 5. The molecule has 1 aliphatic rings. The Bertz CT molecular complexity index is 1130. The quantitative estimate of drug-likeness (QED) is 0.371. The summed E-state index contributed by atoms with van der Waals surface area (Å²) in [5, 5.41) is 10.3. The zero-order valence-electron chi connectivity index (χ0n) is 16.3. The summed E-state index contributed by atoms with van der Waals surface area (Å²) < 4.78 is 25.9. The Morgan fingerprint density at radius 2 is 1.83 bits per heavy atom. The zero-order chi connectivity index (χ0) is 21.1. The van der Waals surface area contributed by atoms with Crippen LogP contribution in [-0.4, -0.2) is 34.7 Å². The summed E-state index contributed by atoms with van der Waals surface area (Å²) in [6, 6.07) is 18.0. The van der Waals surface area contributed by atoms with Crippen molar-refractivity contribution in [3.8, 4) is 0 Å². The van der Waals surface area contributed by atoms with Gasteiger partial charge in [0.2, 0.25) is 0 Å². The number of nitrogens with zero attached hydrogens (tertiary/aromatic N) is 3. The topological polar surface area (TPSA) is 64.8 Å². The average Bonchev–Trinajstić information content (AvgIpc) is 3.30. The Morgan fingerprint density at radius 3 is 2.47 bits per heavy atom. The van der Waals surface area contributed by atoms with Gasteiger partial charge in [-0.15, -0.1) is 16.8 Å². The van der Waals surface area contributed by atoms with E-state index in [0.717, 1.165) is 22.1 Å². The van der Waals surface area contributed by atoms with Crippen LogP contribution in [0.5, 0.6) is 0 Å². The van der Waals surface area contributed by atoms with E-state index in [-0.39, 0.29) is 22.7 Å². The Hall–Kier alpha value is -2.09. The van der Waals surface area contributed by atoms with Crippen molar-refractivity contribution < 1.29 is 8.42 Å². The number of benzene rings is 2. The summed E-state index contributed by atoms with van der Waals surface area (Å²) >= 11 is 7.69. The summed E-state index contributed by atoms with van der Waals surface area (Å²) in [4.78, 5) is 0. The fourth-order valence-corrected chi connectivity index (χ4v) is 6.73. The molecule has 0 bridgehead atoms. The first-order valence-electron chi connectivity index (χ1n) is 9.68. The number of aromatic nitrogens is 3. The van der Waals surface area contributed by atoms with E-state index in [0.29, 0.717) is 18.0 Å². The van der Waals surface area contributed by atoms with Crippen LogP contribution >= 0.6 is 23.4 Å². The predicted octanol–water partition coefficient (Wildman–Crippen LogP) is 4.90. The lowest BCUT2D eigenvalue weighted by Crippen LogP contribution is -2.11. The Morgan fingerprint density at radius 1 is 1.13 bits per heavy atom. The van der Waals surface area contributed by atoms with Gasteiger partial charge < -0.3 is 4.57 Å². The monoisotopic (exact) mass is 459 g/mol. The molecule has 1 saturated heterocycles. The van der Waals surface area contributed by atoms with Gasteiger partial charge in [-0.25, -0.2) is 8.42 Å². The van der Waals surface area contributed by atoms with Crippen molar-refractivity contribution in [2.24, 2.45) is 0 Å². The fraction of sp³-hybridized carbons (Fsp3) is 0.273. The molecule has 1 fully saturated rings. The maximum Gasteiger partial charge on any atom is 0.192 e. The van der Waals surface area contributed by atoms with E-state index in [2.05, 4.69) is 28.9 Å². The highest BCUT2D eigenvalue weighted by Crippen LogP contribution is 2.41. The first-order chi connectivity index (χ1) is 14.5. The van der Waals surface area contributed by atoms with Gasteiger partial charge in [0.05, 0.1) is 16.8 Å². The van der Waals surface area contributed by atoms with Gasteiger partial charge in [0.25, 0.3) is 0 Å². The standard InChI is InChI=1S/C22H22ClN3O2S2/c1-2-13-26-21(18-12-14-30(27,28)15-18)24-25-22(26)29-20(16-6-4-3-5-7-16)17-8-10-19(23)11-9-17/h2-11,18,20H,1,12-15H2/t18-,20-/m0/s1. The van der Waals surface area contributed by atoms with Crippen LogP contribution in [0.25, 0.3) is 0 Å². The van der Waals surface area contributed by atoms with Gasteiger partial charge in [-0.05, 0) is 29.7 Å². The molecule has 30 heavy (non-hydrogen) atoms. The van der Waals surface area contributed by atoms with Crippen LogP contribution in [0.1, 0.15) is 34.5 Å². The molecule has 5 nitrogen and oxygen atoms in total. The van der Waals surface area contributed by atoms with Crippen LogP contribution < -0.4 is 0 Å². The maximum atomic E-state index is 12.0. The van der Waals surface area contributed by atoms with Gasteiger partial charge in [-0.3, -0.25) is 0 Å². The van der Waals surface area contributed by atoms with Gasteiger partial charge in [0.1, 0.15) is 5.82 Å². The number of allylic oxidation sites excluding steroid dienone is 1. The van der Waals surface area contributed by atoms with Crippen LogP contribution in [0.3, 0.4) is 0 Å². The zero-order valence-corrected chi connectivity index (χ0v) is 18.7. The Balaban J connectivity index is 1.71. The molecule has 2 aromatic carbocycles. The van der Waals surface area contributed by atoms with Crippen molar-refractivity contribution >= 4 is 33.2 Å². The smallest absolute Gasteiger partial charge is 0.192 e. The fourth-order valence-electron chi connectivity index (χ4n) is 3.69. The van der Waals surface area contributed by atoms with E-state index in [1.807, 2.05) is 47.0 Å². The minimum absolute atomic E-state index is 0.00334. The van der Waals surface area contributed by atoms with Crippen LogP contribution in [-0.2, 0) is 16.4 Å². The number of thioether (sulfide) groups is 1. The molecule has 2 atom stereocenters. The van der Waals surface area contributed by atoms with E-state index in [1.54, 1.807) is 17.8 Å². The predicted molar refractivity (Wildman–Crippen MR) is 122 cm³/mol. The van der Waals surface area contributed by atoms with Gasteiger partial charge in [-0.1, -0.05) is 71.9 Å². The number of halogens is 1. The SMILES string of the molecule is C=CCn1c(S[C@@H](c2ccccc2)c2ccc(Cl)cc2)nnc1[C@H]1CCS(=O)(=O)C1. The van der Waals surface area contributed by atoms with Gasteiger partial charge in [0, 0.05) is 17.5 Å². The number of hydrogen-bond donors (Lipinski definition) is 0. The molecule has 3 aromatic rings. The lowest BCUT2D eigenvalue weighted by atomic mass is 10.0. The third-order valence-corrected chi connectivity index (χ3v) is 8.47. The molecule has 1 aromatic heterocycles. The lowest BCUT2D eigenvalue weighted by Gasteiger charge is -2.18. The van der Waals surface area contributed by atoms with Gasteiger partial charge >= 0.3 is 0 Å². The van der Waals surface area contributed by atoms with Crippen LogP contribution in [0.2, 0.25) is 5.02 Å². The molecule has 0 saturated carbocycles. The second-order valence-electron chi connectivity index (χ2n) is 7.30. The minimum atomic E-state index is -3.01. The average molecular weight is 460 g/mol. The summed E-state index contributed by atoms with van der Waals surface area (Å²) in [6.07, 6.45) is 2.38. The third-order valence-electron chi connectivity index (χ3n) is 5.15. The summed E-state index contributed by atoms with van der Waals surface area (Å²) in [6.45, 7) is 4.39. The molecule has 0 amide bonds. The molecule has 0 radical (unpaired) electrons. The summed E-state index contributed by atoms with van der Waals surface area (Å²) in [5.41, 5.74) is 2.25. The molecule has 4 rings (SSSR count). The molecule has 0 N–H and O–H groups in total. The second-order valence-corrected chi connectivity index (χ2v) is 11.0. The van der Waals surface area contributed by atoms with Crippen LogP contribution in [0, 0.1) is 0 Å². The molecule has 156 valence electrons. The second kappa shape index (κ2) is 8.96. The normalized spacial score (nSPS) is 18.9. The van der Waals surface area contributed by atoms with Crippen LogP contribution in [0.15, 0.2) is 72.4 Å². The van der Waals surface area contributed by atoms with Crippen molar-refractivity contribution in [1.29, 1.82) is 0 Å². The molecule has 0 aliphatic carbocycles. The number of sulfone groups is 1. The summed E-state index contributed by atoms with van der Waals surface area (Å²) in [7, 11) is -3.01. The largest absolute Gasteiger partial charge is 0.302 e. The first-order valence-corrected chi connectivity index (χ1v) is 12.8. The highest BCUT2D eigenvalue weighted by atomic mass is 35.5. The van der Waals surface area contributed by atoms with E-state index in [1.165, 1.54) is 0 Å². The Kier molecular flexibility index (Phi) is 6.32. The maximum absolute atomic E-state index is 12.0. The number of rotatable bonds is 7. The van der Waals surface area contributed by atoms with Crippen molar-refractivity contribution in [2.45, 2.75) is 29.3 Å². The van der Waals surface area contributed by atoms with Crippen molar-refractivity contribution in [3.63, 3.8) is 0 Å². The molecule has 1 aliphatic heterocycles. The highest BCUT2D eigenvalue weighted by Gasteiger charge is 2.33. The van der Waals surface area contributed by atoms with Crippen molar-refractivity contribution in [2.75, 3.05) is 11.5 Å². The first kappa shape index (κ1) is 21.2. The minimum Gasteiger partial charge on any atom is -0.302 e. The van der Waals surface area contributed by atoms with Crippen molar-refractivity contribution in [1.82, 2.24) is 14.8 Å². The molecular formula is C22H22ClN3O2S2. The molecule has 8 heteroatoms. The molecule has 0 spiro atoms. The Labute approximate surface area is 186 Å². The molecular weight excluding hydrogens is 438 g/mol. The molecule has 2 heterocycles. The van der Waals surface area contributed by atoms with Gasteiger partial charge in [-0.2, -0.15) is 0 Å². The highest BCUT2D eigenvalue weighted by molar-refractivity contribution is 7.99. The molecule has 0 unspecified atom stereocenters. The van der Waals surface area contributed by atoms with Crippen molar-refractivity contribution in [3.05, 3.63) is 89.2 Å². The van der Waals surface area contributed by atoms with E-state index in [4.69, 9.17) is 11.6 Å². The van der Waals surface area contributed by atoms with E-state index in [9.17, 15) is 8.42 Å². The van der Waals surface area contributed by atoms with Gasteiger partial charge in [0.15, 0.2) is 15.0 Å². The van der Waals surface area contributed by atoms with E-state index < -0.39 is 9.84 Å². The third kappa shape index (κ3) is 4.63. The van der Waals surface area contributed by atoms with E-state index >= 15 is 0 Å². The van der Waals surface area contributed by atoms with Crippen LogP contribution in [0.4, 0.5) is 0 Å². The lowest BCUT2D eigenvalue weighted by molar-refractivity contribution is 0.597. The summed E-state index contributed by atoms with van der Waals surface area (Å²) in [5.74, 6) is 0.939.